The number of rotatable bonds is 2. The highest BCUT2D eigenvalue weighted by Gasteiger charge is 2.23. The standard InChI is InChI=1S/C11H14FNO/c12-10-3-1-8(2-4-10)11(14)9-5-6-13-7-9/h1-4,9,11,13-14H,5-7H2/t9-,11?/m1/s1. The first-order valence-corrected chi connectivity index (χ1v) is 4.91. The lowest BCUT2D eigenvalue weighted by atomic mass is 9.95. The van der Waals surface area contributed by atoms with Gasteiger partial charge in [0.05, 0.1) is 6.10 Å². The zero-order valence-corrected chi connectivity index (χ0v) is 7.91. The fraction of sp³-hybridized carbons (Fsp3) is 0.455. The van der Waals surface area contributed by atoms with Gasteiger partial charge < -0.3 is 10.4 Å². The Labute approximate surface area is 82.8 Å². The molecule has 1 aromatic rings. The second-order valence-corrected chi connectivity index (χ2v) is 3.75. The van der Waals surface area contributed by atoms with Crippen molar-refractivity contribution in [1.29, 1.82) is 0 Å². The Kier molecular flexibility index (Phi) is 2.79. The van der Waals surface area contributed by atoms with E-state index in [-0.39, 0.29) is 11.7 Å². The SMILES string of the molecule is OC(c1ccc(F)cc1)[C@@H]1CCNC1. The minimum absolute atomic E-state index is 0.259. The Morgan fingerprint density at radius 1 is 1.36 bits per heavy atom. The van der Waals surface area contributed by atoms with Crippen LogP contribution in [-0.4, -0.2) is 18.2 Å². The van der Waals surface area contributed by atoms with E-state index < -0.39 is 6.10 Å². The normalized spacial score (nSPS) is 23.7. The topological polar surface area (TPSA) is 32.3 Å². The second-order valence-electron chi connectivity index (χ2n) is 3.75. The van der Waals surface area contributed by atoms with Crippen molar-refractivity contribution in [3.63, 3.8) is 0 Å². The molecule has 0 aliphatic carbocycles. The maximum absolute atomic E-state index is 12.6. The quantitative estimate of drug-likeness (QED) is 0.749. The van der Waals surface area contributed by atoms with Gasteiger partial charge in [0, 0.05) is 12.5 Å². The van der Waals surface area contributed by atoms with Crippen LogP contribution in [-0.2, 0) is 0 Å². The summed E-state index contributed by atoms with van der Waals surface area (Å²) >= 11 is 0. The van der Waals surface area contributed by atoms with Gasteiger partial charge in [-0.1, -0.05) is 12.1 Å². The highest BCUT2D eigenvalue weighted by molar-refractivity contribution is 5.19. The summed E-state index contributed by atoms with van der Waals surface area (Å²) in [7, 11) is 0. The first-order chi connectivity index (χ1) is 6.77. The number of nitrogens with one attached hydrogen (secondary N) is 1. The van der Waals surface area contributed by atoms with Gasteiger partial charge in [-0.15, -0.1) is 0 Å². The molecule has 0 bridgehead atoms. The molecule has 2 atom stereocenters. The van der Waals surface area contributed by atoms with Crippen LogP contribution in [0.5, 0.6) is 0 Å². The highest BCUT2D eigenvalue weighted by Crippen LogP contribution is 2.26. The Balaban J connectivity index is 2.09. The Bertz CT molecular complexity index is 293. The van der Waals surface area contributed by atoms with Crippen molar-refractivity contribution in [3.8, 4) is 0 Å². The third kappa shape index (κ3) is 1.94. The first-order valence-electron chi connectivity index (χ1n) is 4.91. The maximum atomic E-state index is 12.6. The lowest BCUT2D eigenvalue weighted by Gasteiger charge is -2.17. The molecule has 3 heteroatoms. The molecule has 2 rings (SSSR count). The summed E-state index contributed by atoms with van der Waals surface area (Å²) < 4.78 is 12.6. The number of aliphatic hydroxyl groups is 1. The molecule has 0 radical (unpaired) electrons. The van der Waals surface area contributed by atoms with Crippen molar-refractivity contribution in [3.05, 3.63) is 35.6 Å². The maximum Gasteiger partial charge on any atom is 0.123 e. The molecule has 14 heavy (non-hydrogen) atoms. The van der Waals surface area contributed by atoms with Gasteiger partial charge >= 0.3 is 0 Å². The summed E-state index contributed by atoms with van der Waals surface area (Å²) in [6, 6.07) is 6.08. The Morgan fingerprint density at radius 3 is 2.64 bits per heavy atom. The third-order valence-electron chi connectivity index (χ3n) is 2.76. The van der Waals surface area contributed by atoms with E-state index in [0.717, 1.165) is 25.1 Å². The van der Waals surface area contributed by atoms with Gasteiger partial charge in [0.2, 0.25) is 0 Å². The molecule has 0 amide bonds. The second kappa shape index (κ2) is 4.07. The van der Waals surface area contributed by atoms with Gasteiger partial charge in [0.25, 0.3) is 0 Å². The van der Waals surface area contributed by atoms with Crippen LogP contribution in [0.4, 0.5) is 4.39 Å². The fourth-order valence-corrected chi connectivity index (χ4v) is 1.88. The lowest BCUT2D eigenvalue weighted by molar-refractivity contribution is 0.118. The van der Waals surface area contributed by atoms with Gasteiger partial charge in [-0.2, -0.15) is 0 Å². The molecule has 1 aromatic carbocycles. The van der Waals surface area contributed by atoms with Crippen molar-refractivity contribution < 1.29 is 9.50 Å². The van der Waals surface area contributed by atoms with Gasteiger partial charge in [-0.3, -0.25) is 0 Å². The Morgan fingerprint density at radius 2 is 2.07 bits per heavy atom. The number of hydrogen-bond acceptors (Lipinski definition) is 2. The average molecular weight is 195 g/mol. The molecule has 0 spiro atoms. The van der Waals surface area contributed by atoms with Gasteiger partial charge in [0.15, 0.2) is 0 Å². The number of halogens is 1. The van der Waals surface area contributed by atoms with Crippen molar-refractivity contribution in [2.45, 2.75) is 12.5 Å². The minimum Gasteiger partial charge on any atom is -0.388 e. The summed E-state index contributed by atoms with van der Waals surface area (Å²) in [6.07, 6.45) is 0.518. The van der Waals surface area contributed by atoms with Crippen LogP contribution in [0.15, 0.2) is 24.3 Å². The van der Waals surface area contributed by atoms with E-state index >= 15 is 0 Å². The van der Waals surface area contributed by atoms with Crippen LogP contribution in [0, 0.1) is 11.7 Å². The molecular formula is C11H14FNO. The molecule has 0 saturated carbocycles. The van der Waals surface area contributed by atoms with E-state index in [1.54, 1.807) is 12.1 Å². The Hall–Kier alpha value is -0.930. The number of benzene rings is 1. The highest BCUT2D eigenvalue weighted by atomic mass is 19.1. The first kappa shape index (κ1) is 9.62. The number of hydrogen-bond donors (Lipinski definition) is 2. The van der Waals surface area contributed by atoms with Gasteiger partial charge in [-0.05, 0) is 30.7 Å². The van der Waals surface area contributed by atoms with E-state index in [9.17, 15) is 9.50 Å². The van der Waals surface area contributed by atoms with Crippen LogP contribution in [0.2, 0.25) is 0 Å². The third-order valence-corrected chi connectivity index (χ3v) is 2.76. The van der Waals surface area contributed by atoms with E-state index in [2.05, 4.69) is 5.32 Å². The van der Waals surface area contributed by atoms with Crippen molar-refractivity contribution in [2.24, 2.45) is 5.92 Å². The summed E-state index contributed by atoms with van der Waals surface area (Å²) in [4.78, 5) is 0. The average Bonchev–Trinajstić information content (AvgIpc) is 2.71. The van der Waals surface area contributed by atoms with Crippen LogP contribution in [0.1, 0.15) is 18.1 Å². The van der Waals surface area contributed by atoms with Crippen molar-refractivity contribution >= 4 is 0 Å². The molecule has 0 aromatic heterocycles. The molecule has 1 fully saturated rings. The predicted molar refractivity (Wildman–Crippen MR) is 52.3 cm³/mol. The van der Waals surface area contributed by atoms with Crippen LogP contribution in [0.3, 0.4) is 0 Å². The molecule has 1 heterocycles. The van der Waals surface area contributed by atoms with E-state index in [1.807, 2.05) is 0 Å². The monoisotopic (exact) mass is 195 g/mol. The minimum atomic E-state index is -0.467. The molecule has 1 aliphatic heterocycles. The van der Waals surface area contributed by atoms with Crippen LogP contribution in [0.25, 0.3) is 0 Å². The van der Waals surface area contributed by atoms with Crippen LogP contribution < -0.4 is 5.32 Å². The molecule has 1 aliphatic rings. The lowest BCUT2D eigenvalue weighted by Crippen LogP contribution is -2.16. The molecule has 1 unspecified atom stereocenters. The van der Waals surface area contributed by atoms with E-state index in [4.69, 9.17) is 0 Å². The fourth-order valence-electron chi connectivity index (χ4n) is 1.88. The summed E-state index contributed by atoms with van der Waals surface area (Å²) in [5, 5.41) is 13.1. The zero-order valence-electron chi connectivity index (χ0n) is 7.91. The number of aliphatic hydroxyl groups excluding tert-OH is 1. The predicted octanol–water partition coefficient (Wildman–Crippen LogP) is 1.47. The largest absolute Gasteiger partial charge is 0.388 e. The molecule has 1 saturated heterocycles. The van der Waals surface area contributed by atoms with Crippen LogP contribution >= 0.6 is 0 Å². The van der Waals surface area contributed by atoms with E-state index in [1.165, 1.54) is 12.1 Å². The summed E-state index contributed by atoms with van der Waals surface area (Å²) in [6.45, 7) is 1.81. The molecule has 76 valence electrons. The van der Waals surface area contributed by atoms with Gasteiger partial charge in [0.1, 0.15) is 5.82 Å². The van der Waals surface area contributed by atoms with E-state index in [0.29, 0.717) is 0 Å². The molecule has 2 nitrogen and oxygen atoms in total. The van der Waals surface area contributed by atoms with Crippen molar-refractivity contribution in [2.75, 3.05) is 13.1 Å². The summed E-state index contributed by atoms with van der Waals surface area (Å²) in [5.74, 6) is 0.00552. The zero-order chi connectivity index (χ0) is 9.97. The van der Waals surface area contributed by atoms with Gasteiger partial charge in [-0.25, -0.2) is 4.39 Å². The smallest absolute Gasteiger partial charge is 0.123 e. The molecule has 2 N–H and O–H groups in total. The van der Waals surface area contributed by atoms with Crippen molar-refractivity contribution in [1.82, 2.24) is 5.32 Å². The summed E-state index contributed by atoms with van der Waals surface area (Å²) in [5.41, 5.74) is 0.806. The molecular weight excluding hydrogens is 181 g/mol.